The summed E-state index contributed by atoms with van der Waals surface area (Å²) in [6, 6.07) is 0. The molecule has 0 bridgehead atoms. The molecule has 2 saturated carbocycles. The van der Waals surface area contributed by atoms with E-state index in [1.165, 1.54) is 22.8 Å². The maximum Gasteiger partial charge on any atom is 0.156 e. The molecule has 33 heavy (non-hydrogen) atoms. The molecule has 4 nitrogen and oxygen atoms in total. The number of fused-ring (bicyclic) bond motifs is 4. The number of likely N-dealkylation sites (N-methyl/N-ethyl adjacent to an activating group) is 1. The number of nitrogens with zero attached hydrogens (tertiary/aromatic N) is 1. The van der Waals surface area contributed by atoms with Crippen molar-refractivity contribution in [2.45, 2.75) is 58.0 Å². The van der Waals surface area contributed by atoms with Gasteiger partial charge >= 0.3 is 0 Å². The molecule has 4 aliphatic rings. The number of hydrogen-bond donors (Lipinski definition) is 2. The van der Waals surface area contributed by atoms with Gasteiger partial charge in [-0.25, -0.2) is 0 Å². The van der Waals surface area contributed by atoms with E-state index in [1.54, 1.807) is 0 Å². The molecular weight excluding hydrogens is 410 g/mol. The molecule has 0 aromatic rings. The molecule has 2 N–H and O–H groups in total. The molecule has 3 unspecified atom stereocenters. The van der Waals surface area contributed by atoms with Gasteiger partial charge in [0.05, 0.1) is 12.7 Å². The molecule has 2 fully saturated rings. The van der Waals surface area contributed by atoms with Crippen LogP contribution in [-0.4, -0.2) is 47.7 Å². The largest absolute Gasteiger partial charge is 0.393 e. The molecule has 0 aromatic heterocycles. The van der Waals surface area contributed by atoms with Crippen LogP contribution in [0.4, 0.5) is 0 Å². The van der Waals surface area contributed by atoms with Crippen LogP contribution >= 0.6 is 0 Å². The minimum atomic E-state index is -0.222. The SMILES string of the molecule is C=C(/C=C\C(=C)N(C)C)[C@H]1C[C@]2(C)C(O)CCC2C2CCC3=CC(=O)CCC3=C21.C=CCO. The fraction of sp³-hybridized carbons (Fsp3) is 0.552. The first-order valence-electron chi connectivity index (χ1n) is 12.2. The molecule has 4 heteroatoms. The van der Waals surface area contributed by atoms with E-state index in [0.717, 1.165) is 49.8 Å². The number of rotatable bonds is 5. The van der Waals surface area contributed by atoms with Gasteiger partial charge in [-0.1, -0.05) is 37.8 Å². The lowest BCUT2D eigenvalue weighted by atomic mass is 9.53. The van der Waals surface area contributed by atoms with E-state index in [4.69, 9.17) is 5.11 Å². The fourth-order valence-corrected chi connectivity index (χ4v) is 6.43. The minimum Gasteiger partial charge on any atom is -0.393 e. The third-order valence-electron chi connectivity index (χ3n) is 8.32. The zero-order valence-corrected chi connectivity index (χ0v) is 20.6. The zero-order chi connectivity index (χ0) is 24.3. The average Bonchev–Trinajstić information content (AvgIpc) is 3.10. The molecule has 0 radical (unpaired) electrons. The van der Waals surface area contributed by atoms with Crippen molar-refractivity contribution in [1.29, 1.82) is 0 Å². The van der Waals surface area contributed by atoms with Crippen molar-refractivity contribution in [3.05, 3.63) is 72.0 Å². The van der Waals surface area contributed by atoms with E-state index < -0.39 is 0 Å². The highest BCUT2D eigenvalue weighted by Gasteiger charge is 2.56. The van der Waals surface area contributed by atoms with Crippen molar-refractivity contribution in [1.82, 2.24) is 4.90 Å². The monoisotopic (exact) mass is 451 g/mol. The molecule has 0 aromatic carbocycles. The van der Waals surface area contributed by atoms with Gasteiger partial charge in [-0.15, -0.1) is 6.58 Å². The Labute approximate surface area is 199 Å². The van der Waals surface area contributed by atoms with Gasteiger partial charge in [-0.3, -0.25) is 4.79 Å². The van der Waals surface area contributed by atoms with Crippen LogP contribution in [0.5, 0.6) is 0 Å². The summed E-state index contributed by atoms with van der Waals surface area (Å²) in [4.78, 5) is 14.0. The van der Waals surface area contributed by atoms with E-state index in [9.17, 15) is 9.90 Å². The Morgan fingerprint density at radius 3 is 2.52 bits per heavy atom. The van der Waals surface area contributed by atoms with Crippen LogP contribution in [0.15, 0.2) is 72.0 Å². The lowest BCUT2D eigenvalue weighted by Gasteiger charge is -2.52. The summed E-state index contributed by atoms with van der Waals surface area (Å²) in [7, 11) is 3.99. The van der Waals surface area contributed by atoms with Gasteiger partial charge in [0.1, 0.15) is 0 Å². The predicted octanol–water partition coefficient (Wildman–Crippen LogP) is 5.13. The first-order valence-corrected chi connectivity index (χ1v) is 12.2. The fourth-order valence-electron chi connectivity index (χ4n) is 6.43. The first-order chi connectivity index (χ1) is 15.6. The van der Waals surface area contributed by atoms with Crippen LogP contribution in [-0.2, 0) is 4.79 Å². The van der Waals surface area contributed by atoms with Crippen molar-refractivity contribution >= 4 is 5.78 Å². The Hall–Kier alpha value is -2.17. The zero-order valence-electron chi connectivity index (χ0n) is 20.6. The highest BCUT2D eigenvalue weighted by Crippen LogP contribution is 2.62. The van der Waals surface area contributed by atoms with Crippen LogP contribution in [0, 0.1) is 23.2 Å². The van der Waals surface area contributed by atoms with Crippen LogP contribution in [0.25, 0.3) is 0 Å². The second-order valence-corrected chi connectivity index (χ2v) is 10.4. The number of aliphatic hydroxyl groups excluding tert-OH is 2. The average molecular weight is 452 g/mol. The number of aliphatic hydroxyl groups is 2. The van der Waals surface area contributed by atoms with Gasteiger partial charge in [0.15, 0.2) is 5.78 Å². The Morgan fingerprint density at radius 2 is 1.88 bits per heavy atom. The summed E-state index contributed by atoms with van der Waals surface area (Å²) in [5.41, 5.74) is 6.27. The van der Waals surface area contributed by atoms with Crippen LogP contribution in [0.3, 0.4) is 0 Å². The van der Waals surface area contributed by atoms with Crippen LogP contribution in [0.1, 0.15) is 51.9 Å². The Bertz CT molecular complexity index is 906. The van der Waals surface area contributed by atoms with Crippen LogP contribution < -0.4 is 0 Å². The minimum absolute atomic E-state index is 0.0412. The van der Waals surface area contributed by atoms with Crippen molar-refractivity contribution < 1.29 is 15.0 Å². The Balaban J connectivity index is 0.000000709. The molecule has 0 saturated heterocycles. The summed E-state index contributed by atoms with van der Waals surface area (Å²) in [6.07, 6.45) is 13.9. The Morgan fingerprint density at radius 1 is 1.18 bits per heavy atom. The maximum absolute atomic E-state index is 12.0. The molecule has 0 amide bonds. The molecule has 4 rings (SSSR count). The molecule has 4 aliphatic carbocycles. The number of ketones is 1. The highest BCUT2D eigenvalue weighted by atomic mass is 16.3. The maximum atomic E-state index is 12.0. The molecule has 180 valence electrons. The Kier molecular flexibility index (Phi) is 8.02. The predicted molar refractivity (Wildman–Crippen MR) is 135 cm³/mol. The van der Waals surface area contributed by atoms with Crippen LogP contribution in [0.2, 0.25) is 0 Å². The number of carbonyl (C=O) groups is 1. The van der Waals surface area contributed by atoms with Gasteiger partial charge < -0.3 is 15.1 Å². The first kappa shape index (κ1) is 25.5. The third kappa shape index (κ3) is 5.02. The summed E-state index contributed by atoms with van der Waals surface area (Å²) in [5, 5.41) is 18.6. The second-order valence-electron chi connectivity index (χ2n) is 10.4. The summed E-state index contributed by atoms with van der Waals surface area (Å²) >= 11 is 0. The topological polar surface area (TPSA) is 60.8 Å². The van der Waals surface area contributed by atoms with E-state index >= 15 is 0 Å². The second kappa shape index (κ2) is 10.4. The summed E-state index contributed by atoms with van der Waals surface area (Å²) in [5.74, 6) is 1.58. The number of allylic oxidation sites excluding steroid dienone is 7. The molecule has 5 atom stereocenters. The van der Waals surface area contributed by atoms with Gasteiger partial charge in [0, 0.05) is 32.1 Å². The van der Waals surface area contributed by atoms with E-state index in [2.05, 4.69) is 32.7 Å². The standard InChI is InChI=1S/C26H35NO2.C3H6O/c1-16(6-7-17(2)27(4)5)22-15-26(3)23(12-13-24(26)29)21-10-8-18-14-19(28)9-11-20(18)25(21)22;1-2-3-4/h6-7,14,21-24,29H,1-2,8-13,15H2,3-5H3;2,4H,1,3H2/b7-6-;/t21?,22-,23?,24?,26+;/m1./s1. The van der Waals surface area contributed by atoms with Gasteiger partial charge in [0.25, 0.3) is 0 Å². The quantitative estimate of drug-likeness (QED) is 0.449. The van der Waals surface area contributed by atoms with Gasteiger partial charge in [-0.2, -0.15) is 0 Å². The van der Waals surface area contributed by atoms with Gasteiger partial charge in [-0.05, 0) is 84.6 Å². The van der Waals surface area contributed by atoms with Crippen molar-refractivity contribution in [3.63, 3.8) is 0 Å². The molecular formula is C29H41NO3. The molecule has 0 heterocycles. The van der Waals surface area contributed by atoms with E-state index in [1.807, 2.05) is 31.1 Å². The number of hydrogen-bond acceptors (Lipinski definition) is 4. The van der Waals surface area contributed by atoms with E-state index in [0.29, 0.717) is 18.3 Å². The lowest BCUT2D eigenvalue weighted by molar-refractivity contribution is -0.114. The highest BCUT2D eigenvalue weighted by molar-refractivity contribution is 5.93. The van der Waals surface area contributed by atoms with Crippen molar-refractivity contribution in [3.8, 4) is 0 Å². The summed E-state index contributed by atoms with van der Waals surface area (Å²) in [6.45, 7) is 14.2. The third-order valence-corrected chi connectivity index (χ3v) is 8.32. The molecule has 0 aliphatic heterocycles. The summed E-state index contributed by atoms with van der Waals surface area (Å²) < 4.78 is 0. The van der Waals surface area contributed by atoms with Crippen molar-refractivity contribution in [2.75, 3.05) is 20.7 Å². The normalized spacial score (nSPS) is 32.8. The molecule has 0 spiro atoms. The van der Waals surface area contributed by atoms with E-state index in [-0.39, 0.29) is 29.8 Å². The smallest absolute Gasteiger partial charge is 0.156 e. The number of carbonyl (C=O) groups excluding carboxylic acids is 1. The van der Waals surface area contributed by atoms with Gasteiger partial charge in [0.2, 0.25) is 0 Å². The lowest BCUT2D eigenvalue weighted by Crippen LogP contribution is -2.45. The van der Waals surface area contributed by atoms with Crippen molar-refractivity contribution in [2.24, 2.45) is 23.2 Å².